The van der Waals surface area contributed by atoms with Crippen LogP contribution in [-0.2, 0) is 11.2 Å². The molecule has 110 valence electrons. The first-order chi connectivity index (χ1) is 9.46. The Kier molecular flexibility index (Phi) is 5.35. The van der Waals surface area contributed by atoms with E-state index < -0.39 is 0 Å². The van der Waals surface area contributed by atoms with Crippen molar-refractivity contribution in [2.45, 2.75) is 26.3 Å². The van der Waals surface area contributed by atoms with Gasteiger partial charge in [-0.25, -0.2) is 0 Å². The fraction of sp³-hybridized carbons (Fsp3) is 0.533. The monoisotopic (exact) mass is 312 g/mol. The lowest BCUT2D eigenvalue weighted by Gasteiger charge is -2.26. The number of nitrogens with one attached hydrogen (secondary N) is 2. The van der Waals surface area contributed by atoms with Crippen LogP contribution in [0, 0.1) is 5.41 Å². The summed E-state index contributed by atoms with van der Waals surface area (Å²) in [6, 6.07) is 7.86. The van der Waals surface area contributed by atoms with E-state index in [1.807, 2.05) is 18.2 Å². The molecule has 1 saturated heterocycles. The highest BCUT2D eigenvalue weighted by Crippen LogP contribution is 2.23. The topological polar surface area (TPSA) is 41.1 Å². The minimum Gasteiger partial charge on any atom is -0.354 e. The van der Waals surface area contributed by atoms with E-state index in [2.05, 4.69) is 30.5 Å². The lowest BCUT2D eigenvalue weighted by molar-refractivity contribution is -0.122. The number of halogens is 1. The van der Waals surface area contributed by atoms with E-state index in [1.165, 1.54) is 5.56 Å². The molecule has 1 fully saturated rings. The summed E-state index contributed by atoms with van der Waals surface area (Å²) in [5.41, 5.74) is 1.21. The first-order valence-electron chi connectivity index (χ1n) is 6.80. The molecule has 3 nitrogen and oxygen atoms in total. The van der Waals surface area contributed by atoms with Gasteiger partial charge in [-0.05, 0) is 29.5 Å². The molecule has 1 atom stereocenters. The predicted molar refractivity (Wildman–Crippen MR) is 86.2 cm³/mol. The third-order valence-corrected chi connectivity index (χ3v) is 4.52. The van der Waals surface area contributed by atoms with Crippen molar-refractivity contribution in [1.82, 2.24) is 10.6 Å². The molecule has 2 rings (SSSR count). The largest absolute Gasteiger partial charge is 0.354 e. The minimum absolute atomic E-state index is 0.00604. The molecule has 0 saturated carbocycles. The smallest absolute Gasteiger partial charge is 0.238 e. The number of benzene rings is 1. The zero-order valence-electron chi connectivity index (χ0n) is 11.9. The minimum atomic E-state index is -0.0398. The maximum Gasteiger partial charge on any atom is 0.238 e. The van der Waals surface area contributed by atoms with E-state index in [9.17, 15) is 4.79 Å². The zero-order valence-corrected chi connectivity index (χ0v) is 13.5. The number of rotatable bonds is 5. The van der Waals surface area contributed by atoms with Crippen molar-refractivity contribution in [3.63, 3.8) is 0 Å². The van der Waals surface area contributed by atoms with Crippen molar-refractivity contribution in [2.24, 2.45) is 5.41 Å². The molecule has 0 aliphatic carbocycles. The van der Waals surface area contributed by atoms with Gasteiger partial charge in [0.15, 0.2) is 0 Å². The molecule has 2 N–H and O–H groups in total. The molecule has 20 heavy (non-hydrogen) atoms. The number of carbonyl (C=O) groups excluding carboxylic acids is 1. The Morgan fingerprint density at radius 3 is 3.00 bits per heavy atom. The van der Waals surface area contributed by atoms with Gasteiger partial charge in [-0.3, -0.25) is 10.1 Å². The van der Waals surface area contributed by atoms with Gasteiger partial charge in [-0.2, -0.15) is 0 Å². The predicted octanol–water partition coefficient (Wildman–Crippen LogP) is 2.69. The van der Waals surface area contributed by atoms with Crippen molar-refractivity contribution in [1.29, 1.82) is 0 Å². The molecule has 1 unspecified atom stereocenters. The number of amides is 1. The maximum absolute atomic E-state index is 12.0. The van der Waals surface area contributed by atoms with Crippen LogP contribution >= 0.6 is 23.4 Å². The highest BCUT2D eigenvalue weighted by atomic mass is 35.5. The Labute approximate surface area is 129 Å². The van der Waals surface area contributed by atoms with Gasteiger partial charge < -0.3 is 5.32 Å². The van der Waals surface area contributed by atoms with Crippen molar-refractivity contribution in [3.8, 4) is 0 Å². The Morgan fingerprint density at radius 1 is 1.55 bits per heavy atom. The van der Waals surface area contributed by atoms with Crippen LogP contribution in [0.2, 0.25) is 5.02 Å². The zero-order chi connectivity index (χ0) is 14.6. The molecule has 0 aromatic heterocycles. The van der Waals surface area contributed by atoms with Gasteiger partial charge in [0.25, 0.3) is 0 Å². The Bertz CT molecular complexity index is 473. The first-order valence-corrected chi connectivity index (χ1v) is 8.33. The average Bonchev–Trinajstić information content (AvgIpc) is 2.89. The highest BCUT2D eigenvalue weighted by Gasteiger charge is 2.25. The van der Waals surface area contributed by atoms with Crippen LogP contribution in [0.15, 0.2) is 24.3 Å². The molecule has 5 heteroatoms. The second-order valence-electron chi connectivity index (χ2n) is 5.96. The van der Waals surface area contributed by atoms with Gasteiger partial charge >= 0.3 is 0 Å². The standard InChI is InChI=1S/C15H21ClN2OS/c1-15(2,7-11-4-3-5-12(16)6-11)9-17-14(19)13-8-20-10-18-13/h3-6,13,18H,7-10H2,1-2H3,(H,17,19). The summed E-state index contributed by atoms with van der Waals surface area (Å²) in [7, 11) is 0. The lowest BCUT2D eigenvalue weighted by atomic mass is 9.85. The maximum atomic E-state index is 12.0. The fourth-order valence-corrected chi connectivity index (χ4v) is 3.43. The molecule has 1 heterocycles. The SMILES string of the molecule is CC(C)(CNC(=O)C1CSCN1)Cc1cccc(Cl)c1. The Balaban J connectivity index is 1.85. The number of hydrogen-bond acceptors (Lipinski definition) is 3. The molecule has 1 aromatic carbocycles. The summed E-state index contributed by atoms with van der Waals surface area (Å²) in [5, 5.41) is 6.99. The first kappa shape index (κ1) is 15.7. The third kappa shape index (κ3) is 4.69. The van der Waals surface area contributed by atoms with Gasteiger partial charge in [0, 0.05) is 23.2 Å². The van der Waals surface area contributed by atoms with Gasteiger partial charge in [-0.1, -0.05) is 37.6 Å². The molecule has 0 bridgehead atoms. The second-order valence-corrected chi connectivity index (χ2v) is 7.43. The molecule has 0 spiro atoms. The van der Waals surface area contributed by atoms with Gasteiger partial charge in [-0.15, -0.1) is 11.8 Å². The highest BCUT2D eigenvalue weighted by molar-refractivity contribution is 7.99. The molecule has 1 amide bonds. The molecular formula is C15H21ClN2OS. The van der Waals surface area contributed by atoms with Gasteiger partial charge in [0.2, 0.25) is 5.91 Å². The second kappa shape index (κ2) is 6.83. The molecule has 1 aliphatic rings. The summed E-state index contributed by atoms with van der Waals surface area (Å²) >= 11 is 7.77. The van der Waals surface area contributed by atoms with Crippen LogP contribution in [0.4, 0.5) is 0 Å². The van der Waals surface area contributed by atoms with Crippen LogP contribution in [0.25, 0.3) is 0 Å². The van der Waals surface area contributed by atoms with E-state index in [0.717, 1.165) is 23.1 Å². The summed E-state index contributed by atoms with van der Waals surface area (Å²) in [4.78, 5) is 12.0. The van der Waals surface area contributed by atoms with Gasteiger partial charge in [0.05, 0.1) is 6.04 Å². The lowest BCUT2D eigenvalue weighted by Crippen LogP contribution is -2.45. The van der Waals surface area contributed by atoms with Crippen molar-refractivity contribution in [3.05, 3.63) is 34.9 Å². The molecular weight excluding hydrogens is 292 g/mol. The van der Waals surface area contributed by atoms with Crippen LogP contribution in [0.1, 0.15) is 19.4 Å². The van der Waals surface area contributed by atoms with Crippen LogP contribution in [0.5, 0.6) is 0 Å². The fourth-order valence-electron chi connectivity index (χ4n) is 2.28. The quantitative estimate of drug-likeness (QED) is 0.878. The third-order valence-electron chi connectivity index (χ3n) is 3.35. The van der Waals surface area contributed by atoms with Crippen molar-refractivity contribution >= 4 is 29.3 Å². The number of thioether (sulfide) groups is 1. The van der Waals surface area contributed by atoms with Gasteiger partial charge in [0.1, 0.15) is 0 Å². The van der Waals surface area contributed by atoms with E-state index >= 15 is 0 Å². The van der Waals surface area contributed by atoms with Crippen molar-refractivity contribution in [2.75, 3.05) is 18.2 Å². The normalized spacial score (nSPS) is 19.1. The Morgan fingerprint density at radius 2 is 2.35 bits per heavy atom. The van der Waals surface area contributed by atoms with E-state index in [0.29, 0.717) is 6.54 Å². The molecule has 0 radical (unpaired) electrons. The van der Waals surface area contributed by atoms with E-state index in [-0.39, 0.29) is 17.4 Å². The number of carbonyl (C=O) groups is 1. The van der Waals surface area contributed by atoms with Crippen molar-refractivity contribution < 1.29 is 4.79 Å². The number of hydrogen-bond donors (Lipinski definition) is 2. The molecule has 1 aromatic rings. The van der Waals surface area contributed by atoms with Crippen LogP contribution in [-0.4, -0.2) is 30.1 Å². The van der Waals surface area contributed by atoms with Crippen LogP contribution in [0.3, 0.4) is 0 Å². The summed E-state index contributed by atoms with van der Waals surface area (Å²) in [6.07, 6.45) is 0.890. The summed E-state index contributed by atoms with van der Waals surface area (Å²) in [5.74, 6) is 1.83. The van der Waals surface area contributed by atoms with E-state index in [4.69, 9.17) is 11.6 Å². The summed E-state index contributed by atoms with van der Waals surface area (Å²) < 4.78 is 0. The van der Waals surface area contributed by atoms with E-state index in [1.54, 1.807) is 11.8 Å². The van der Waals surface area contributed by atoms with Crippen LogP contribution < -0.4 is 10.6 Å². The Hall–Kier alpha value is -0.710. The average molecular weight is 313 g/mol. The summed E-state index contributed by atoms with van der Waals surface area (Å²) in [6.45, 7) is 4.98. The molecule has 1 aliphatic heterocycles.